The minimum Gasteiger partial charge on any atom is -0.351 e. The van der Waals surface area contributed by atoms with E-state index in [0.29, 0.717) is 12.5 Å². The largest absolute Gasteiger partial charge is 0.351 e. The summed E-state index contributed by atoms with van der Waals surface area (Å²) in [4.78, 5) is 36.2. The number of hydrogen-bond donors (Lipinski definition) is 3. The van der Waals surface area contributed by atoms with Crippen LogP contribution in [0, 0.1) is 5.92 Å². The van der Waals surface area contributed by atoms with Crippen molar-refractivity contribution < 1.29 is 4.79 Å². The van der Waals surface area contributed by atoms with Crippen LogP contribution in [0.2, 0.25) is 0 Å². The highest BCUT2D eigenvalue weighted by Gasteiger charge is 2.13. The van der Waals surface area contributed by atoms with Crippen LogP contribution in [0.1, 0.15) is 20.3 Å². The average Bonchev–Trinajstić information content (AvgIpc) is 2.31. The summed E-state index contributed by atoms with van der Waals surface area (Å²) in [6, 6.07) is 1.09. The third kappa shape index (κ3) is 5.09. The quantitative estimate of drug-likeness (QED) is 0.616. The fourth-order valence-corrected chi connectivity index (χ4v) is 1.78. The summed E-state index contributed by atoms with van der Waals surface area (Å²) in [6.45, 7) is 4.30. The molecule has 7 heteroatoms. The van der Waals surface area contributed by atoms with Crippen LogP contribution in [0.5, 0.6) is 0 Å². The first-order valence-electron chi connectivity index (χ1n) is 6.21. The number of carbonyl (C=O) groups is 1. The fraction of sp³-hybridized carbons (Fsp3) is 0.583. The lowest BCUT2D eigenvalue weighted by atomic mass is 10.0. The van der Waals surface area contributed by atoms with E-state index < -0.39 is 11.2 Å². The Morgan fingerprint density at radius 3 is 2.68 bits per heavy atom. The molecule has 0 saturated carbocycles. The van der Waals surface area contributed by atoms with Gasteiger partial charge in [-0.25, -0.2) is 4.79 Å². The molecule has 0 bridgehead atoms. The molecule has 19 heavy (non-hydrogen) atoms. The molecule has 0 aliphatic heterocycles. The predicted molar refractivity (Wildman–Crippen MR) is 71.8 cm³/mol. The highest BCUT2D eigenvalue weighted by Crippen LogP contribution is 2.03. The van der Waals surface area contributed by atoms with Crippen LogP contribution in [0.15, 0.2) is 21.9 Å². The van der Waals surface area contributed by atoms with E-state index in [2.05, 4.69) is 10.3 Å². The van der Waals surface area contributed by atoms with E-state index in [0.717, 1.165) is 11.0 Å². The first kappa shape index (κ1) is 15.2. The summed E-state index contributed by atoms with van der Waals surface area (Å²) in [5, 5.41) is 2.77. The molecule has 0 radical (unpaired) electrons. The van der Waals surface area contributed by atoms with Gasteiger partial charge in [-0.1, -0.05) is 13.8 Å². The Morgan fingerprint density at radius 2 is 2.16 bits per heavy atom. The van der Waals surface area contributed by atoms with Crippen molar-refractivity contribution in [3.8, 4) is 0 Å². The number of rotatable bonds is 6. The van der Waals surface area contributed by atoms with Gasteiger partial charge in [0.1, 0.15) is 6.54 Å². The Morgan fingerprint density at radius 1 is 1.47 bits per heavy atom. The SMILES string of the molecule is CC(C)CC(CN)NC(=O)Cn1ccc(=O)[nH]c1=O. The van der Waals surface area contributed by atoms with Crippen molar-refractivity contribution in [2.45, 2.75) is 32.9 Å². The van der Waals surface area contributed by atoms with Crippen LogP contribution in [0.3, 0.4) is 0 Å². The second-order valence-electron chi connectivity index (χ2n) is 4.87. The zero-order valence-corrected chi connectivity index (χ0v) is 11.2. The van der Waals surface area contributed by atoms with Crippen LogP contribution in [-0.2, 0) is 11.3 Å². The van der Waals surface area contributed by atoms with Gasteiger partial charge >= 0.3 is 5.69 Å². The number of H-pyrrole nitrogens is 1. The zero-order valence-electron chi connectivity index (χ0n) is 11.2. The predicted octanol–water partition coefficient (Wildman–Crippen LogP) is -0.974. The van der Waals surface area contributed by atoms with E-state index in [1.165, 1.54) is 12.3 Å². The lowest BCUT2D eigenvalue weighted by Crippen LogP contribution is -2.44. The van der Waals surface area contributed by atoms with Gasteiger partial charge in [0.2, 0.25) is 5.91 Å². The number of nitrogens with two attached hydrogens (primary N) is 1. The first-order chi connectivity index (χ1) is 8.92. The van der Waals surface area contributed by atoms with Gasteiger partial charge in [0, 0.05) is 24.8 Å². The van der Waals surface area contributed by atoms with E-state index >= 15 is 0 Å². The number of aromatic amines is 1. The van der Waals surface area contributed by atoms with Crippen LogP contribution in [0.4, 0.5) is 0 Å². The first-order valence-corrected chi connectivity index (χ1v) is 6.21. The van der Waals surface area contributed by atoms with Gasteiger partial charge in [-0.05, 0) is 12.3 Å². The number of aromatic nitrogens is 2. The number of nitrogens with zero attached hydrogens (tertiary/aromatic N) is 1. The summed E-state index contributed by atoms with van der Waals surface area (Å²) >= 11 is 0. The summed E-state index contributed by atoms with van der Waals surface area (Å²) in [7, 11) is 0. The van der Waals surface area contributed by atoms with Crippen LogP contribution < -0.4 is 22.3 Å². The molecule has 1 amide bonds. The van der Waals surface area contributed by atoms with Crippen molar-refractivity contribution in [3.63, 3.8) is 0 Å². The maximum absolute atomic E-state index is 11.8. The molecule has 1 unspecified atom stereocenters. The molecular formula is C12H20N4O3. The van der Waals surface area contributed by atoms with E-state index in [9.17, 15) is 14.4 Å². The third-order valence-corrected chi connectivity index (χ3v) is 2.62. The zero-order chi connectivity index (χ0) is 14.4. The summed E-state index contributed by atoms with van der Waals surface area (Å²) in [5.41, 5.74) is 4.50. The van der Waals surface area contributed by atoms with Gasteiger partial charge < -0.3 is 11.1 Å². The van der Waals surface area contributed by atoms with Crippen molar-refractivity contribution in [3.05, 3.63) is 33.1 Å². The lowest BCUT2D eigenvalue weighted by molar-refractivity contribution is -0.122. The number of carbonyl (C=O) groups excluding carboxylic acids is 1. The molecule has 0 saturated heterocycles. The molecule has 1 aromatic heterocycles. The molecule has 0 aromatic carbocycles. The number of amides is 1. The summed E-state index contributed by atoms with van der Waals surface area (Å²) in [6.07, 6.45) is 2.07. The molecule has 0 aliphatic carbocycles. The van der Waals surface area contributed by atoms with E-state index in [1.54, 1.807) is 0 Å². The van der Waals surface area contributed by atoms with Crippen LogP contribution in [0.25, 0.3) is 0 Å². The second-order valence-corrected chi connectivity index (χ2v) is 4.87. The molecule has 1 heterocycles. The number of hydrogen-bond acceptors (Lipinski definition) is 4. The molecule has 106 valence electrons. The Bertz CT molecular complexity index is 532. The van der Waals surface area contributed by atoms with Gasteiger partial charge in [0.05, 0.1) is 0 Å². The van der Waals surface area contributed by atoms with Crippen LogP contribution in [-0.4, -0.2) is 28.0 Å². The van der Waals surface area contributed by atoms with Crippen molar-refractivity contribution >= 4 is 5.91 Å². The van der Waals surface area contributed by atoms with E-state index in [1.807, 2.05) is 13.8 Å². The van der Waals surface area contributed by atoms with Gasteiger partial charge in [-0.2, -0.15) is 0 Å². The maximum atomic E-state index is 11.8. The molecule has 0 aliphatic rings. The van der Waals surface area contributed by atoms with Crippen LogP contribution >= 0.6 is 0 Å². The van der Waals surface area contributed by atoms with E-state index in [-0.39, 0.29) is 18.5 Å². The average molecular weight is 268 g/mol. The normalized spacial score (nSPS) is 12.4. The van der Waals surface area contributed by atoms with Crippen molar-refractivity contribution in [1.82, 2.24) is 14.9 Å². The molecule has 7 nitrogen and oxygen atoms in total. The molecule has 1 aromatic rings. The fourth-order valence-electron chi connectivity index (χ4n) is 1.78. The standard InChI is InChI=1S/C12H20N4O3/c1-8(2)5-9(6-13)14-11(18)7-16-4-3-10(17)15-12(16)19/h3-4,8-9H,5-7,13H2,1-2H3,(H,14,18)(H,15,17,19). The van der Waals surface area contributed by atoms with Gasteiger partial charge in [0.25, 0.3) is 5.56 Å². The molecule has 0 spiro atoms. The molecule has 1 rings (SSSR count). The Labute approximate surface area is 110 Å². The smallest absolute Gasteiger partial charge is 0.328 e. The number of nitrogens with one attached hydrogen (secondary N) is 2. The van der Waals surface area contributed by atoms with E-state index in [4.69, 9.17) is 5.73 Å². The summed E-state index contributed by atoms with van der Waals surface area (Å²) in [5.74, 6) is 0.120. The lowest BCUT2D eigenvalue weighted by Gasteiger charge is -2.18. The maximum Gasteiger partial charge on any atom is 0.328 e. The van der Waals surface area contributed by atoms with Crippen molar-refractivity contribution in [1.29, 1.82) is 0 Å². The summed E-state index contributed by atoms with van der Waals surface area (Å²) < 4.78 is 1.14. The Hall–Kier alpha value is -1.89. The molecule has 4 N–H and O–H groups in total. The highest BCUT2D eigenvalue weighted by atomic mass is 16.2. The van der Waals surface area contributed by atoms with Crippen molar-refractivity contribution in [2.75, 3.05) is 6.54 Å². The second kappa shape index (κ2) is 6.89. The minimum atomic E-state index is -0.601. The van der Waals surface area contributed by atoms with Crippen molar-refractivity contribution in [2.24, 2.45) is 11.7 Å². The monoisotopic (exact) mass is 268 g/mol. The Kier molecular flexibility index (Phi) is 5.50. The van der Waals surface area contributed by atoms with Gasteiger partial charge in [-0.15, -0.1) is 0 Å². The highest BCUT2D eigenvalue weighted by molar-refractivity contribution is 5.76. The topological polar surface area (TPSA) is 110 Å². The Balaban J connectivity index is 2.64. The van der Waals surface area contributed by atoms with Gasteiger partial charge in [-0.3, -0.25) is 19.1 Å². The molecular weight excluding hydrogens is 248 g/mol. The molecule has 1 atom stereocenters. The third-order valence-electron chi connectivity index (χ3n) is 2.62. The van der Waals surface area contributed by atoms with Gasteiger partial charge in [0.15, 0.2) is 0 Å². The minimum absolute atomic E-state index is 0.106. The molecule has 0 fully saturated rings.